The number of rotatable bonds is 3. The summed E-state index contributed by atoms with van der Waals surface area (Å²) in [6.07, 6.45) is 1.95. The van der Waals surface area contributed by atoms with Gasteiger partial charge in [-0.3, -0.25) is 19.1 Å². The van der Waals surface area contributed by atoms with Crippen LogP contribution in [0.4, 0.5) is 5.13 Å². The van der Waals surface area contributed by atoms with Crippen LogP contribution in [0.5, 0.6) is 0 Å². The van der Waals surface area contributed by atoms with Crippen LogP contribution < -0.4 is 19.3 Å². The van der Waals surface area contributed by atoms with Crippen molar-refractivity contribution in [2.45, 2.75) is 33.4 Å². The summed E-state index contributed by atoms with van der Waals surface area (Å²) in [4.78, 5) is 35.8. The zero-order chi connectivity index (χ0) is 21.6. The highest BCUT2D eigenvalue weighted by Gasteiger charge is 2.40. The van der Waals surface area contributed by atoms with Gasteiger partial charge in [0.25, 0.3) is 16.6 Å². The second-order valence-corrected chi connectivity index (χ2v) is 11.2. The molecular formula is C19H24N5O2S4+. The van der Waals surface area contributed by atoms with E-state index in [-0.39, 0.29) is 17.5 Å². The van der Waals surface area contributed by atoms with Crippen LogP contribution in [0.3, 0.4) is 0 Å². The lowest BCUT2D eigenvalue weighted by atomic mass is 10.3. The third-order valence-corrected chi connectivity index (χ3v) is 9.39. The molecule has 0 aromatic carbocycles. The molecule has 0 unspecified atom stereocenters. The van der Waals surface area contributed by atoms with Gasteiger partial charge in [0.1, 0.15) is 20.3 Å². The minimum atomic E-state index is -0.0830. The van der Waals surface area contributed by atoms with Crippen LogP contribution in [0, 0.1) is 0 Å². The van der Waals surface area contributed by atoms with E-state index in [0.717, 1.165) is 31.7 Å². The maximum Gasteiger partial charge on any atom is 0.384 e. The predicted molar refractivity (Wildman–Crippen MR) is 128 cm³/mol. The van der Waals surface area contributed by atoms with Crippen molar-refractivity contribution in [1.82, 2.24) is 14.4 Å². The number of amides is 1. The number of thiazole rings is 2. The topological polar surface area (TPSA) is 61.8 Å². The highest BCUT2D eigenvalue weighted by molar-refractivity contribution is 8.23. The van der Waals surface area contributed by atoms with E-state index in [1.807, 2.05) is 51.0 Å². The Morgan fingerprint density at radius 2 is 2.07 bits per heavy atom. The lowest BCUT2D eigenvalue weighted by Gasteiger charge is -2.16. The van der Waals surface area contributed by atoms with Crippen molar-refractivity contribution >= 4 is 72.3 Å². The summed E-state index contributed by atoms with van der Waals surface area (Å²) < 4.78 is 5.12. The van der Waals surface area contributed by atoms with E-state index < -0.39 is 0 Å². The van der Waals surface area contributed by atoms with E-state index in [1.54, 1.807) is 21.2 Å². The average Bonchev–Trinajstić information content (AvgIpc) is 3.44. The van der Waals surface area contributed by atoms with Crippen LogP contribution in [0.15, 0.2) is 21.4 Å². The predicted octanol–water partition coefficient (Wildman–Crippen LogP) is 1.34. The monoisotopic (exact) mass is 482 g/mol. The van der Waals surface area contributed by atoms with Gasteiger partial charge < -0.3 is 4.90 Å². The Balaban J connectivity index is 1.94. The van der Waals surface area contributed by atoms with Crippen LogP contribution in [-0.2, 0) is 18.4 Å². The van der Waals surface area contributed by atoms with Gasteiger partial charge >= 0.3 is 5.13 Å². The molecule has 2 aromatic rings. The molecule has 0 aliphatic carbocycles. The number of aryl methyl sites for hydroxylation is 1. The molecule has 0 saturated carbocycles. The van der Waals surface area contributed by atoms with Crippen LogP contribution in [0.1, 0.15) is 20.8 Å². The lowest BCUT2D eigenvalue weighted by molar-refractivity contribution is -0.653. The summed E-state index contributed by atoms with van der Waals surface area (Å²) in [6.45, 7) is 7.37. The van der Waals surface area contributed by atoms with Crippen LogP contribution >= 0.6 is 46.2 Å². The molecule has 7 nitrogen and oxygen atoms in total. The van der Waals surface area contributed by atoms with Gasteiger partial charge in [0, 0.05) is 37.3 Å². The normalized spacial score (nSPS) is 22.3. The number of aromatic nitrogens is 2. The Hall–Kier alpha value is -1.56. The van der Waals surface area contributed by atoms with Gasteiger partial charge in [-0.25, -0.2) is 4.57 Å². The Bertz CT molecular complexity index is 1210. The second-order valence-electron chi connectivity index (χ2n) is 7.25. The Morgan fingerprint density at radius 3 is 2.63 bits per heavy atom. The summed E-state index contributed by atoms with van der Waals surface area (Å²) in [7, 11) is 3.95. The van der Waals surface area contributed by atoms with E-state index in [0.29, 0.717) is 16.6 Å². The summed E-state index contributed by atoms with van der Waals surface area (Å²) in [5.41, 5.74) is -0.0132. The standard InChI is InChI=1S/C19H24N5O2S4/c1-6-23-14(25)12(16-21(4)7-9-27-16)29-17(23)13-15(26)24(11(2)3)19(30-13)20-18-22(5)8-10-28-18/h8,10-11H,6-7,9H2,1-5H3/q+1/b16-12+,17-13-. The number of amidine groups is 1. The smallest absolute Gasteiger partial charge is 0.367 e. The number of nitrogens with zero attached hydrogens (tertiary/aromatic N) is 5. The molecule has 4 rings (SSSR count). The van der Waals surface area contributed by atoms with Crippen LogP contribution in [0.2, 0.25) is 0 Å². The molecule has 0 atom stereocenters. The summed E-state index contributed by atoms with van der Waals surface area (Å²) in [5.74, 6) is 0.894. The fourth-order valence-corrected chi connectivity index (χ4v) is 7.95. The molecule has 30 heavy (non-hydrogen) atoms. The number of aliphatic imine (C=N–C) groups is 1. The van der Waals surface area contributed by atoms with Gasteiger partial charge in [-0.05, 0) is 37.5 Å². The second kappa shape index (κ2) is 8.52. The Morgan fingerprint density at radius 1 is 1.30 bits per heavy atom. The van der Waals surface area contributed by atoms with Gasteiger partial charge in [0.05, 0.1) is 12.1 Å². The van der Waals surface area contributed by atoms with Gasteiger partial charge in [-0.2, -0.15) is 0 Å². The highest BCUT2D eigenvalue weighted by atomic mass is 32.2. The van der Waals surface area contributed by atoms with E-state index in [1.165, 1.54) is 34.4 Å². The van der Waals surface area contributed by atoms with E-state index in [4.69, 9.17) is 4.99 Å². The molecule has 2 saturated heterocycles. The summed E-state index contributed by atoms with van der Waals surface area (Å²) >= 11 is 6.03. The molecule has 0 bridgehead atoms. The maximum atomic E-state index is 13.4. The lowest BCUT2D eigenvalue weighted by Crippen LogP contribution is -2.37. The van der Waals surface area contributed by atoms with Crippen molar-refractivity contribution in [3.05, 3.63) is 31.1 Å². The SMILES string of the molecule is CCn1c(=O)/c(=C2\SCCN2C)s/c1=C1\S/C(=N\c2scc[n+]2C)N(C(C)C)C1=O. The van der Waals surface area contributed by atoms with Gasteiger partial charge in [0.2, 0.25) is 0 Å². The first-order valence-electron chi connectivity index (χ1n) is 9.68. The summed E-state index contributed by atoms with van der Waals surface area (Å²) in [5, 5.41) is 4.47. The fourth-order valence-electron chi connectivity index (χ4n) is 3.30. The van der Waals surface area contributed by atoms with Crippen molar-refractivity contribution < 1.29 is 9.36 Å². The molecule has 11 heteroatoms. The van der Waals surface area contributed by atoms with Crippen LogP contribution in [-0.4, -0.2) is 50.8 Å². The molecule has 0 radical (unpaired) electrons. The van der Waals surface area contributed by atoms with Crippen LogP contribution in [0.25, 0.3) is 9.93 Å². The molecule has 2 fully saturated rings. The van der Waals surface area contributed by atoms with E-state index in [9.17, 15) is 9.59 Å². The van der Waals surface area contributed by atoms with Gasteiger partial charge in [-0.15, -0.1) is 23.1 Å². The minimum absolute atomic E-state index is 0.0132. The Labute approximate surface area is 191 Å². The van der Waals surface area contributed by atoms with Crippen molar-refractivity contribution in [3.8, 4) is 0 Å². The number of carbonyl (C=O) groups is 1. The molecule has 2 aliphatic rings. The molecule has 4 heterocycles. The number of thioether (sulfide) groups is 2. The fraction of sp³-hybridized carbons (Fsp3) is 0.474. The first-order chi connectivity index (χ1) is 14.3. The number of hydrogen-bond donors (Lipinski definition) is 0. The molecule has 0 spiro atoms. The van der Waals surface area contributed by atoms with Crippen molar-refractivity contribution in [2.24, 2.45) is 12.0 Å². The third kappa shape index (κ3) is 3.65. The van der Waals surface area contributed by atoms with Crippen molar-refractivity contribution in [2.75, 3.05) is 19.3 Å². The van der Waals surface area contributed by atoms with Gasteiger partial charge in [0.15, 0.2) is 0 Å². The number of carbonyl (C=O) groups excluding carboxylic acids is 1. The maximum absolute atomic E-state index is 13.4. The molecule has 2 aliphatic heterocycles. The quantitative estimate of drug-likeness (QED) is 0.618. The van der Waals surface area contributed by atoms with Gasteiger partial charge in [-0.1, -0.05) is 11.3 Å². The average molecular weight is 483 g/mol. The molecule has 2 aromatic heterocycles. The van der Waals surface area contributed by atoms with Crippen molar-refractivity contribution in [1.29, 1.82) is 0 Å². The minimum Gasteiger partial charge on any atom is -0.367 e. The Kier molecular flexibility index (Phi) is 6.16. The zero-order valence-electron chi connectivity index (χ0n) is 17.5. The molecule has 0 N–H and O–H groups in total. The molecule has 1 amide bonds. The first kappa shape index (κ1) is 21.7. The largest absolute Gasteiger partial charge is 0.384 e. The van der Waals surface area contributed by atoms with E-state index >= 15 is 0 Å². The highest BCUT2D eigenvalue weighted by Crippen LogP contribution is 2.34. The molecular weight excluding hydrogens is 459 g/mol. The number of hydrogen-bond acceptors (Lipinski definition) is 8. The summed E-state index contributed by atoms with van der Waals surface area (Å²) in [6, 6.07) is -0.0290. The van der Waals surface area contributed by atoms with E-state index in [2.05, 4.69) is 4.90 Å². The van der Waals surface area contributed by atoms with Crippen molar-refractivity contribution in [3.63, 3.8) is 0 Å². The third-order valence-electron chi connectivity index (χ3n) is 4.88. The first-order valence-corrected chi connectivity index (χ1v) is 13.2. The zero-order valence-corrected chi connectivity index (χ0v) is 20.8. The molecule has 160 valence electrons.